The zero-order valence-electron chi connectivity index (χ0n) is 14.6. The fourth-order valence-electron chi connectivity index (χ4n) is 3.04. The van der Waals surface area contributed by atoms with E-state index in [2.05, 4.69) is 18.0 Å². The van der Waals surface area contributed by atoms with Crippen LogP contribution in [0.1, 0.15) is 37.4 Å². The first-order valence-corrected chi connectivity index (χ1v) is 8.02. The fraction of sp³-hybridized carbons (Fsp3) is 0.647. The minimum atomic E-state index is -0.0157. The highest BCUT2D eigenvalue weighted by atomic mass is 35.5. The predicted octanol–water partition coefficient (Wildman–Crippen LogP) is 2.59. The van der Waals surface area contributed by atoms with E-state index in [0.29, 0.717) is 13.0 Å². The van der Waals surface area contributed by atoms with E-state index in [1.165, 1.54) is 5.56 Å². The van der Waals surface area contributed by atoms with Crippen molar-refractivity contribution < 1.29 is 9.53 Å². The summed E-state index contributed by atoms with van der Waals surface area (Å²) < 4.78 is 5.40. The average molecular weight is 378 g/mol. The highest BCUT2D eigenvalue weighted by Crippen LogP contribution is 2.27. The van der Waals surface area contributed by atoms with Crippen LogP contribution in [0.3, 0.4) is 0 Å². The van der Waals surface area contributed by atoms with Gasteiger partial charge in [-0.3, -0.25) is 9.78 Å². The lowest BCUT2D eigenvalue weighted by Gasteiger charge is -2.34. The van der Waals surface area contributed by atoms with Gasteiger partial charge in [-0.2, -0.15) is 0 Å². The van der Waals surface area contributed by atoms with Crippen molar-refractivity contribution in [2.75, 3.05) is 14.2 Å². The largest absolute Gasteiger partial charge is 0.380 e. The lowest BCUT2D eigenvalue weighted by atomic mass is 9.83. The number of hydrogen-bond acceptors (Lipinski definition) is 4. The van der Waals surface area contributed by atoms with E-state index in [-0.39, 0.29) is 48.8 Å². The maximum Gasteiger partial charge on any atom is 0.225 e. The van der Waals surface area contributed by atoms with Crippen LogP contribution in [0.25, 0.3) is 0 Å². The predicted molar refractivity (Wildman–Crippen MR) is 101 cm³/mol. The standard InChI is InChI=1S/C17H27N3O2.2ClH/c1-4-12-5-7-14(19-10-12)11-20(2)17(21)13-6-8-15(18)16(9-13)22-3;;/h5,7,10,13,15-16H,4,6,8-9,11,18H2,1-3H3;2*1H/t13-,15+,16+;;/m0../s1. The van der Waals surface area contributed by atoms with Gasteiger partial charge in [0.05, 0.1) is 18.3 Å². The molecule has 1 aromatic heterocycles. The Morgan fingerprint density at radius 1 is 1.38 bits per heavy atom. The van der Waals surface area contributed by atoms with E-state index in [4.69, 9.17) is 10.5 Å². The molecule has 7 heteroatoms. The summed E-state index contributed by atoms with van der Waals surface area (Å²) in [6.07, 6.45) is 5.23. The second-order valence-electron chi connectivity index (χ2n) is 6.15. The molecule has 0 radical (unpaired) electrons. The lowest BCUT2D eigenvalue weighted by Crippen LogP contribution is -2.45. The molecule has 2 rings (SSSR count). The molecule has 138 valence electrons. The number of rotatable bonds is 5. The molecule has 0 bridgehead atoms. The van der Waals surface area contributed by atoms with Gasteiger partial charge in [-0.25, -0.2) is 0 Å². The monoisotopic (exact) mass is 377 g/mol. The zero-order valence-corrected chi connectivity index (χ0v) is 16.2. The summed E-state index contributed by atoms with van der Waals surface area (Å²) in [6.45, 7) is 2.65. The molecule has 1 saturated carbocycles. The van der Waals surface area contributed by atoms with Crippen LogP contribution in [-0.4, -0.2) is 42.1 Å². The van der Waals surface area contributed by atoms with Crippen molar-refractivity contribution in [1.29, 1.82) is 0 Å². The second kappa shape index (κ2) is 10.9. The van der Waals surface area contributed by atoms with Crippen molar-refractivity contribution in [3.8, 4) is 0 Å². The van der Waals surface area contributed by atoms with E-state index in [0.717, 1.165) is 25.0 Å². The van der Waals surface area contributed by atoms with Gasteiger partial charge in [0, 0.05) is 32.3 Å². The van der Waals surface area contributed by atoms with Crippen LogP contribution in [0.4, 0.5) is 0 Å². The van der Waals surface area contributed by atoms with Gasteiger partial charge >= 0.3 is 0 Å². The summed E-state index contributed by atoms with van der Waals surface area (Å²) >= 11 is 0. The van der Waals surface area contributed by atoms with Gasteiger partial charge in [0.2, 0.25) is 5.91 Å². The van der Waals surface area contributed by atoms with Crippen LogP contribution in [0.2, 0.25) is 0 Å². The number of nitrogens with zero attached hydrogens (tertiary/aromatic N) is 2. The van der Waals surface area contributed by atoms with Crippen LogP contribution in [0, 0.1) is 5.92 Å². The third kappa shape index (κ3) is 5.88. The van der Waals surface area contributed by atoms with Crippen molar-refractivity contribution in [1.82, 2.24) is 9.88 Å². The Hall–Kier alpha value is -0.880. The molecule has 1 heterocycles. The van der Waals surface area contributed by atoms with Crippen LogP contribution in [0.15, 0.2) is 18.3 Å². The van der Waals surface area contributed by atoms with E-state index >= 15 is 0 Å². The first kappa shape index (κ1) is 23.1. The van der Waals surface area contributed by atoms with Gasteiger partial charge in [-0.05, 0) is 37.3 Å². The van der Waals surface area contributed by atoms with E-state index < -0.39 is 0 Å². The number of nitrogens with two attached hydrogens (primary N) is 1. The summed E-state index contributed by atoms with van der Waals surface area (Å²) in [6, 6.07) is 4.11. The molecule has 0 saturated heterocycles. The molecule has 1 aromatic rings. The number of carbonyl (C=O) groups excluding carboxylic acids is 1. The highest BCUT2D eigenvalue weighted by Gasteiger charge is 2.33. The first-order valence-electron chi connectivity index (χ1n) is 8.02. The van der Waals surface area contributed by atoms with Crippen LogP contribution in [0.5, 0.6) is 0 Å². The molecule has 0 unspecified atom stereocenters. The molecule has 2 N–H and O–H groups in total. The quantitative estimate of drug-likeness (QED) is 0.855. The Morgan fingerprint density at radius 3 is 2.62 bits per heavy atom. The topological polar surface area (TPSA) is 68.5 Å². The van der Waals surface area contributed by atoms with E-state index in [1.54, 1.807) is 12.0 Å². The van der Waals surface area contributed by atoms with E-state index in [9.17, 15) is 4.79 Å². The van der Waals surface area contributed by atoms with Gasteiger partial charge in [0.15, 0.2) is 0 Å². The summed E-state index contributed by atoms with van der Waals surface area (Å²) in [5.74, 6) is 0.167. The third-order valence-electron chi connectivity index (χ3n) is 4.56. The maximum absolute atomic E-state index is 12.6. The molecule has 24 heavy (non-hydrogen) atoms. The van der Waals surface area contributed by atoms with Crippen molar-refractivity contribution in [3.63, 3.8) is 0 Å². The first-order chi connectivity index (χ1) is 10.5. The lowest BCUT2D eigenvalue weighted by molar-refractivity contribution is -0.137. The van der Waals surface area contributed by atoms with Crippen molar-refractivity contribution >= 4 is 30.7 Å². The highest BCUT2D eigenvalue weighted by molar-refractivity contribution is 5.85. The summed E-state index contributed by atoms with van der Waals surface area (Å²) in [4.78, 5) is 18.8. The van der Waals surface area contributed by atoms with Gasteiger partial charge in [-0.15, -0.1) is 24.8 Å². The molecule has 1 fully saturated rings. The summed E-state index contributed by atoms with van der Waals surface area (Å²) in [7, 11) is 3.51. The fourth-order valence-corrected chi connectivity index (χ4v) is 3.04. The number of carbonyl (C=O) groups is 1. The number of aromatic nitrogens is 1. The summed E-state index contributed by atoms with van der Waals surface area (Å²) in [5.41, 5.74) is 8.15. The minimum absolute atomic E-state index is 0. The molecule has 0 aliphatic heterocycles. The van der Waals surface area contributed by atoms with Crippen LogP contribution in [-0.2, 0) is 22.5 Å². The van der Waals surface area contributed by atoms with Gasteiger partial charge in [0.25, 0.3) is 0 Å². The Labute approximate surface area is 157 Å². The van der Waals surface area contributed by atoms with Crippen molar-refractivity contribution in [3.05, 3.63) is 29.6 Å². The molecule has 1 amide bonds. The number of hydrogen-bond donors (Lipinski definition) is 1. The SMILES string of the molecule is CCc1ccc(CN(C)C(=O)[C@H]2CC[C@@H](N)[C@H](OC)C2)nc1.Cl.Cl. The minimum Gasteiger partial charge on any atom is -0.380 e. The third-order valence-corrected chi connectivity index (χ3v) is 4.56. The molecular weight excluding hydrogens is 349 g/mol. The van der Waals surface area contributed by atoms with Gasteiger partial charge in [-0.1, -0.05) is 13.0 Å². The number of halogens is 2. The average Bonchev–Trinajstić information content (AvgIpc) is 2.55. The Balaban J connectivity index is 0.00000264. The molecule has 0 aromatic carbocycles. The zero-order chi connectivity index (χ0) is 16.1. The van der Waals surface area contributed by atoms with Crippen LogP contribution < -0.4 is 5.73 Å². The molecule has 0 spiro atoms. The Bertz CT molecular complexity index is 499. The molecule has 1 aliphatic carbocycles. The second-order valence-corrected chi connectivity index (χ2v) is 6.15. The number of methoxy groups -OCH3 is 1. The normalized spacial score (nSPS) is 22.9. The van der Waals surface area contributed by atoms with Gasteiger partial charge in [0.1, 0.15) is 0 Å². The number of ether oxygens (including phenoxy) is 1. The number of pyridine rings is 1. The van der Waals surface area contributed by atoms with Crippen molar-refractivity contribution in [2.24, 2.45) is 11.7 Å². The van der Waals surface area contributed by atoms with Gasteiger partial charge < -0.3 is 15.4 Å². The Morgan fingerprint density at radius 2 is 2.08 bits per heavy atom. The molecule has 5 nitrogen and oxygen atoms in total. The molecule has 3 atom stereocenters. The van der Waals surface area contributed by atoms with E-state index in [1.807, 2.05) is 19.3 Å². The smallest absolute Gasteiger partial charge is 0.225 e. The van der Waals surface area contributed by atoms with Crippen molar-refractivity contribution in [2.45, 2.75) is 51.3 Å². The maximum atomic E-state index is 12.6. The molecule has 1 aliphatic rings. The summed E-state index contributed by atoms with van der Waals surface area (Å²) in [5, 5.41) is 0. The Kier molecular flexibility index (Phi) is 10.5. The molecular formula is C17H29Cl2N3O2. The number of aryl methyl sites for hydroxylation is 1. The number of amides is 1. The van der Waals surface area contributed by atoms with Crippen LogP contribution >= 0.6 is 24.8 Å².